The summed E-state index contributed by atoms with van der Waals surface area (Å²) in [5.41, 5.74) is 2.10. The zero-order valence-corrected chi connectivity index (χ0v) is 19.3. The maximum Gasteiger partial charge on any atom is 0.356 e. The molecule has 2 fully saturated rings. The van der Waals surface area contributed by atoms with Crippen LogP contribution in [0.1, 0.15) is 43.6 Å². The third-order valence-electron chi connectivity index (χ3n) is 6.45. The fraction of sp³-hybridized carbons (Fsp3) is 0.565. The molecule has 2 aromatic rings. The van der Waals surface area contributed by atoms with E-state index in [-0.39, 0.29) is 29.5 Å². The summed E-state index contributed by atoms with van der Waals surface area (Å²) >= 11 is 0. The van der Waals surface area contributed by atoms with E-state index in [0.29, 0.717) is 56.0 Å². The fourth-order valence-corrected chi connectivity index (χ4v) is 4.59. The smallest absolute Gasteiger partial charge is 0.356 e. The Kier molecular flexibility index (Phi) is 6.83. The van der Waals surface area contributed by atoms with Crippen molar-refractivity contribution in [2.45, 2.75) is 45.7 Å². The zero-order chi connectivity index (χ0) is 23.5. The lowest BCUT2D eigenvalue weighted by molar-refractivity contribution is -0.129. The molecule has 2 amide bonds. The molecule has 33 heavy (non-hydrogen) atoms. The number of hydrogen-bond donors (Lipinski definition) is 2. The number of rotatable bonds is 6. The van der Waals surface area contributed by atoms with Gasteiger partial charge in [0.25, 0.3) is 0 Å². The van der Waals surface area contributed by atoms with Crippen LogP contribution in [0.4, 0.5) is 11.4 Å². The number of carbonyl (C=O) groups is 3. The number of amides is 2. The summed E-state index contributed by atoms with van der Waals surface area (Å²) in [5.74, 6) is -0.862. The fourth-order valence-electron chi connectivity index (χ4n) is 4.59. The molecule has 0 spiro atoms. The van der Waals surface area contributed by atoms with Crippen LogP contribution in [0.2, 0.25) is 0 Å². The lowest BCUT2D eigenvalue weighted by Crippen LogP contribution is -2.41. The van der Waals surface area contributed by atoms with Crippen LogP contribution in [0.5, 0.6) is 0 Å². The molecule has 10 nitrogen and oxygen atoms in total. The maximum absolute atomic E-state index is 12.9. The Morgan fingerprint density at radius 2 is 2.00 bits per heavy atom. The van der Waals surface area contributed by atoms with Gasteiger partial charge in [0.15, 0.2) is 5.69 Å². The van der Waals surface area contributed by atoms with Crippen molar-refractivity contribution in [1.29, 1.82) is 0 Å². The van der Waals surface area contributed by atoms with Crippen molar-refractivity contribution in [3.8, 4) is 0 Å². The summed E-state index contributed by atoms with van der Waals surface area (Å²) in [6.07, 6.45) is 4.07. The number of anilines is 2. The number of likely N-dealkylation sites (tertiary alicyclic amines) is 1. The first-order valence-electron chi connectivity index (χ1n) is 11.4. The van der Waals surface area contributed by atoms with E-state index in [1.807, 2.05) is 17.9 Å². The zero-order valence-electron chi connectivity index (χ0n) is 19.3. The van der Waals surface area contributed by atoms with Gasteiger partial charge >= 0.3 is 5.97 Å². The van der Waals surface area contributed by atoms with Gasteiger partial charge in [-0.1, -0.05) is 0 Å². The minimum Gasteiger partial charge on any atom is -0.464 e. The van der Waals surface area contributed by atoms with E-state index in [1.165, 1.54) is 7.11 Å². The van der Waals surface area contributed by atoms with Crippen LogP contribution in [0.15, 0.2) is 12.3 Å². The van der Waals surface area contributed by atoms with Gasteiger partial charge in [-0.2, -0.15) is 0 Å². The van der Waals surface area contributed by atoms with Crippen LogP contribution >= 0.6 is 0 Å². The molecule has 2 aliphatic rings. The third kappa shape index (κ3) is 4.66. The summed E-state index contributed by atoms with van der Waals surface area (Å²) in [4.78, 5) is 43.6. The number of methoxy groups -OCH3 is 1. The Morgan fingerprint density at radius 1 is 1.24 bits per heavy atom. The first-order chi connectivity index (χ1) is 15.9. The van der Waals surface area contributed by atoms with E-state index in [0.717, 1.165) is 18.5 Å². The average molecular weight is 458 g/mol. The number of esters is 1. The first-order valence-corrected chi connectivity index (χ1v) is 11.4. The van der Waals surface area contributed by atoms with Gasteiger partial charge in [0.2, 0.25) is 11.8 Å². The SMILES string of the molecule is CCn1c(C(=O)OC)c(NC(=O)[C@@H]2CCOC2)c2cc(NC3CCN(C(C)=O)CC3)cnc21. The van der Waals surface area contributed by atoms with Gasteiger partial charge in [-0.15, -0.1) is 0 Å². The topological polar surface area (TPSA) is 115 Å². The minimum absolute atomic E-state index is 0.0980. The minimum atomic E-state index is -0.529. The summed E-state index contributed by atoms with van der Waals surface area (Å²) in [6.45, 7) is 6.35. The van der Waals surface area contributed by atoms with E-state index in [9.17, 15) is 14.4 Å². The number of ether oxygens (including phenoxy) is 2. The monoisotopic (exact) mass is 457 g/mol. The number of pyridine rings is 1. The average Bonchev–Trinajstić information content (AvgIpc) is 3.46. The molecule has 4 rings (SSSR count). The van der Waals surface area contributed by atoms with Gasteiger partial charge in [0.05, 0.1) is 37.2 Å². The second-order valence-corrected chi connectivity index (χ2v) is 8.53. The second-order valence-electron chi connectivity index (χ2n) is 8.53. The predicted octanol–water partition coefficient (Wildman–Crippen LogP) is 2.24. The highest BCUT2D eigenvalue weighted by Gasteiger charge is 2.30. The molecule has 2 aromatic heterocycles. The van der Waals surface area contributed by atoms with Crippen molar-refractivity contribution in [2.75, 3.05) is 44.0 Å². The van der Waals surface area contributed by atoms with Gasteiger partial charge in [-0.25, -0.2) is 9.78 Å². The van der Waals surface area contributed by atoms with Crippen molar-refractivity contribution in [3.05, 3.63) is 18.0 Å². The highest BCUT2D eigenvalue weighted by atomic mass is 16.5. The van der Waals surface area contributed by atoms with Gasteiger partial charge in [0.1, 0.15) is 5.65 Å². The van der Waals surface area contributed by atoms with Crippen molar-refractivity contribution in [1.82, 2.24) is 14.5 Å². The standard InChI is InChI=1S/C23H31N5O5/c1-4-28-20(23(31)32-3)19(26-22(30)15-7-10-33-13-15)18-11-17(12-24-21(18)28)25-16-5-8-27(9-6-16)14(2)29/h11-12,15-16,25H,4-10,13H2,1-3H3,(H,26,30)/t15-/m1/s1. The highest BCUT2D eigenvalue weighted by molar-refractivity contribution is 6.11. The molecule has 4 heterocycles. The van der Waals surface area contributed by atoms with Crippen molar-refractivity contribution >= 4 is 40.2 Å². The molecule has 0 aromatic carbocycles. The van der Waals surface area contributed by atoms with Gasteiger partial charge in [-0.05, 0) is 32.3 Å². The van der Waals surface area contributed by atoms with Gasteiger partial charge < -0.3 is 29.6 Å². The van der Waals surface area contributed by atoms with Gasteiger partial charge in [0, 0.05) is 44.6 Å². The molecule has 2 aliphatic heterocycles. The molecule has 178 valence electrons. The predicted molar refractivity (Wildman–Crippen MR) is 123 cm³/mol. The van der Waals surface area contributed by atoms with Crippen LogP contribution in [0, 0.1) is 5.92 Å². The van der Waals surface area contributed by atoms with Crippen molar-refractivity contribution < 1.29 is 23.9 Å². The first kappa shape index (κ1) is 23.0. The van der Waals surface area contributed by atoms with Crippen LogP contribution in [0.3, 0.4) is 0 Å². The lowest BCUT2D eigenvalue weighted by Gasteiger charge is -2.32. The summed E-state index contributed by atoms with van der Waals surface area (Å²) < 4.78 is 12.1. The molecule has 0 saturated carbocycles. The van der Waals surface area contributed by atoms with E-state index >= 15 is 0 Å². The third-order valence-corrected chi connectivity index (χ3v) is 6.45. The largest absolute Gasteiger partial charge is 0.464 e. The summed E-state index contributed by atoms with van der Waals surface area (Å²) in [7, 11) is 1.32. The molecule has 10 heteroatoms. The van der Waals surface area contributed by atoms with Crippen molar-refractivity contribution in [3.63, 3.8) is 0 Å². The Hall–Kier alpha value is -3.14. The molecule has 0 radical (unpaired) electrons. The van der Waals surface area contributed by atoms with Crippen LogP contribution < -0.4 is 10.6 Å². The molecule has 0 aliphatic carbocycles. The van der Waals surface area contributed by atoms with E-state index in [1.54, 1.807) is 17.7 Å². The molecule has 0 unspecified atom stereocenters. The highest BCUT2D eigenvalue weighted by Crippen LogP contribution is 2.34. The number of aromatic nitrogens is 2. The molecule has 2 N–H and O–H groups in total. The molecule has 0 bridgehead atoms. The Morgan fingerprint density at radius 3 is 2.61 bits per heavy atom. The number of carbonyl (C=O) groups excluding carboxylic acids is 3. The summed E-state index contributed by atoms with van der Waals surface area (Å²) in [6, 6.07) is 2.13. The maximum atomic E-state index is 12.9. The van der Waals surface area contributed by atoms with Gasteiger partial charge in [-0.3, -0.25) is 9.59 Å². The normalized spacial score (nSPS) is 19.0. The van der Waals surface area contributed by atoms with Crippen molar-refractivity contribution in [2.24, 2.45) is 5.92 Å². The van der Waals surface area contributed by atoms with E-state index in [4.69, 9.17) is 9.47 Å². The number of piperidine rings is 1. The lowest BCUT2D eigenvalue weighted by atomic mass is 10.0. The molecular formula is C23H31N5O5. The molecule has 1 atom stereocenters. The number of nitrogens with zero attached hydrogens (tertiary/aromatic N) is 3. The van der Waals surface area contributed by atoms with Crippen LogP contribution in [-0.4, -0.2) is 71.7 Å². The van der Waals surface area contributed by atoms with E-state index < -0.39 is 5.97 Å². The van der Waals surface area contributed by atoms with E-state index in [2.05, 4.69) is 15.6 Å². The molecule has 2 saturated heterocycles. The quantitative estimate of drug-likeness (QED) is 0.639. The number of hydrogen-bond acceptors (Lipinski definition) is 7. The van der Waals surface area contributed by atoms with Crippen LogP contribution in [-0.2, 0) is 25.6 Å². The number of fused-ring (bicyclic) bond motifs is 1. The summed E-state index contributed by atoms with van der Waals surface area (Å²) in [5, 5.41) is 7.14. The Balaban J connectivity index is 1.66. The Bertz CT molecular complexity index is 1050. The number of nitrogens with one attached hydrogen (secondary N) is 2. The molecular weight excluding hydrogens is 426 g/mol. The number of aryl methyl sites for hydroxylation is 1. The van der Waals surface area contributed by atoms with Crippen LogP contribution in [0.25, 0.3) is 11.0 Å². The second kappa shape index (κ2) is 9.78. The Labute approximate surface area is 192 Å².